The Bertz CT molecular complexity index is 728. The summed E-state index contributed by atoms with van der Waals surface area (Å²) in [6.45, 7) is 3.86. The summed E-state index contributed by atoms with van der Waals surface area (Å²) in [6, 6.07) is 5.11. The molecule has 7 heteroatoms. The molecule has 0 bridgehead atoms. The predicted molar refractivity (Wildman–Crippen MR) is 91.1 cm³/mol. The van der Waals surface area contributed by atoms with E-state index in [9.17, 15) is 13.2 Å². The van der Waals surface area contributed by atoms with Crippen molar-refractivity contribution in [3.8, 4) is 0 Å². The van der Waals surface area contributed by atoms with Crippen LogP contribution in [0.15, 0.2) is 29.8 Å². The third-order valence-electron chi connectivity index (χ3n) is 3.63. The molecule has 0 saturated carbocycles. The zero-order valence-corrected chi connectivity index (χ0v) is 14.7. The lowest BCUT2D eigenvalue weighted by molar-refractivity contribution is -0.138. The van der Waals surface area contributed by atoms with E-state index in [-0.39, 0.29) is 6.61 Å². The molecule has 1 N–H and O–H groups in total. The third-order valence-corrected chi connectivity index (χ3v) is 5.62. The van der Waals surface area contributed by atoms with E-state index in [1.807, 2.05) is 6.92 Å². The molecule has 0 radical (unpaired) electrons. The number of benzene rings is 1. The summed E-state index contributed by atoms with van der Waals surface area (Å²) in [6.07, 6.45) is 3.11. The number of halogens is 1. The largest absolute Gasteiger partial charge is 0.463 e. The smallest absolute Gasteiger partial charge is 0.333 e. The van der Waals surface area contributed by atoms with Gasteiger partial charge in [-0.2, -0.15) is 0 Å². The van der Waals surface area contributed by atoms with Crippen LogP contribution in [0.1, 0.15) is 31.7 Å². The molecule has 0 fully saturated rings. The van der Waals surface area contributed by atoms with Gasteiger partial charge in [0.05, 0.1) is 22.6 Å². The number of anilines is 1. The number of rotatable bonds is 5. The Balaban J connectivity index is 2.21. The monoisotopic (exact) mass is 357 g/mol. The van der Waals surface area contributed by atoms with Gasteiger partial charge in [-0.3, -0.25) is 4.72 Å². The van der Waals surface area contributed by atoms with Gasteiger partial charge in [0.15, 0.2) is 0 Å². The minimum absolute atomic E-state index is 0.269. The average molecular weight is 358 g/mol. The Labute approximate surface area is 141 Å². The Kier molecular flexibility index (Phi) is 5.70. The van der Waals surface area contributed by atoms with Crippen LogP contribution < -0.4 is 4.72 Å². The Morgan fingerprint density at radius 3 is 2.83 bits per heavy atom. The SMILES string of the molecule is CCOC(=O)C1=CC(S(=O)(=O)Nc2ccc(C)cc2Cl)CCC1. The maximum Gasteiger partial charge on any atom is 0.333 e. The van der Waals surface area contributed by atoms with Crippen LogP contribution in [-0.4, -0.2) is 26.2 Å². The number of hydrogen-bond acceptors (Lipinski definition) is 4. The first kappa shape index (κ1) is 17.8. The Hall–Kier alpha value is -1.53. The van der Waals surface area contributed by atoms with Crippen molar-refractivity contribution in [3.63, 3.8) is 0 Å². The molecule has 126 valence electrons. The van der Waals surface area contributed by atoms with E-state index in [4.69, 9.17) is 16.3 Å². The standard InChI is InChI=1S/C16H20ClNO4S/c1-3-22-16(19)12-5-4-6-13(10-12)23(20,21)18-15-8-7-11(2)9-14(15)17/h7-10,13,18H,3-6H2,1-2H3. The van der Waals surface area contributed by atoms with Gasteiger partial charge < -0.3 is 4.74 Å². The van der Waals surface area contributed by atoms with Gasteiger partial charge in [-0.25, -0.2) is 13.2 Å². The van der Waals surface area contributed by atoms with Crippen molar-refractivity contribution in [1.29, 1.82) is 0 Å². The van der Waals surface area contributed by atoms with Crippen molar-refractivity contribution in [2.45, 2.75) is 38.4 Å². The van der Waals surface area contributed by atoms with E-state index in [1.165, 1.54) is 6.08 Å². The van der Waals surface area contributed by atoms with E-state index in [2.05, 4.69) is 4.72 Å². The van der Waals surface area contributed by atoms with Crippen LogP contribution in [0.2, 0.25) is 5.02 Å². The first-order valence-corrected chi connectivity index (χ1v) is 9.41. The van der Waals surface area contributed by atoms with E-state index in [1.54, 1.807) is 25.1 Å². The van der Waals surface area contributed by atoms with Crippen LogP contribution >= 0.6 is 11.6 Å². The van der Waals surface area contributed by atoms with Crippen LogP contribution in [0.25, 0.3) is 0 Å². The van der Waals surface area contributed by atoms with Crippen molar-refractivity contribution in [2.24, 2.45) is 0 Å². The van der Waals surface area contributed by atoms with E-state index in [0.717, 1.165) is 5.56 Å². The molecule has 0 saturated heterocycles. The number of sulfonamides is 1. The first-order valence-electron chi connectivity index (χ1n) is 7.49. The second kappa shape index (κ2) is 7.36. The molecular weight excluding hydrogens is 338 g/mol. The number of nitrogens with one attached hydrogen (secondary N) is 1. The maximum atomic E-state index is 12.6. The molecule has 0 amide bonds. The predicted octanol–water partition coefficient (Wildman–Crippen LogP) is 3.43. The maximum absolute atomic E-state index is 12.6. The van der Waals surface area contributed by atoms with Crippen LogP contribution in [0, 0.1) is 6.92 Å². The molecule has 0 aliphatic heterocycles. The van der Waals surface area contributed by atoms with E-state index < -0.39 is 21.2 Å². The van der Waals surface area contributed by atoms with Gasteiger partial charge in [0.25, 0.3) is 0 Å². The fourth-order valence-electron chi connectivity index (χ4n) is 2.46. The number of ether oxygens (including phenoxy) is 1. The molecule has 0 spiro atoms. The highest BCUT2D eigenvalue weighted by Crippen LogP contribution is 2.28. The molecule has 0 aromatic heterocycles. The minimum Gasteiger partial charge on any atom is -0.463 e. The fourth-order valence-corrected chi connectivity index (χ4v) is 4.25. The van der Waals surface area contributed by atoms with Crippen molar-refractivity contribution in [3.05, 3.63) is 40.4 Å². The van der Waals surface area contributed by atoms with Crippen LogP contribution in [0.5, 0.6) is 0 Å². The highest BCUT2D eigenvalue weighted by Gasteiger charge is 2.29. The van der Waals surface area contributed by atoms with Crippen molar-refractivity contribution < 1.29 is 17.9 Å². The average Bonchev–Trinajstić information content (AvgIpc) is 2.50. The van der Waals surface area contributed by atoms with Crippen molar-refractivity contribution in [1.82, 2.24) is 0 Å². The quantitative estimate of drug-likeness (QED) is 0.819. The number of carbonyl (C=O) groups excluding carboxylic acids is 1. The summed E-state index contributed by atoms with van der Waals surface area (Å²) in [5.74, 6) is -0.444. The minimum atomic E-state index is -3.67. The van der Waals surface area contributed by atoms with Gasteiger partial charge in [0.2, 0.25) is 10.0 Å². The summed E-state index contributed by atoms with van der Waals surface area (Å²) in [5, 5.41) is -0.424. The van der Waals surface area contributed by atoms with E-state index in [0.29, 0.717) is 35.5 Å². The lowest BCUT2D eigenvalue weighted by Gasteiger charge is -2.21. The van der Waals surface area contributed by atoms with Gasteiger partial charge in [-0.05, 0) is 50.8 Å². The summed E-state index contributed by atoms with van der Waals surface area (Å²) in [7, 11) is -3.67. The molecule has 2 rings (SSSR count). The second-order valence-corrected chi connectivity index (χ2v) is 7.78. The van der Waals surface area contributed by atoms with Crippen LogP contribution in [0.3, 0.4) is 0 Å². The molecule has 1 aliphatic rings. The summed E-state index contributed by atoms with van der Waals surface area (Å²) >= 11 is 6.08. The Morgan fingerprint density at radius 2 is 2.17 bits per heavy atom. The van der Waals surface area contributed by atoms with Gasteiger partial charge >= 0.3 is 5.97 Å². The third kappa shape index (κ3) is 4.48. The van der Waals surface area contributed by atoms with Gasteiger partial charge in [-0.1, -0.05) is 23.7 Å². The van der Waals surface area contributed by atoms with Gasteiger partial charge in [0.1, 0.15) is 0 Å². The highest BCUT2D eigenvalue weighted by molar-refractivity contribution is 7.93. The fraction of sp³-hybridized carbons (Fsp3) is 0.438. The normalized spacial score (nSPS) is 18.2. The zero-order valence-electron chi connectivity index (χ0n) is 13.1. The second-order valence-electron chi connectivity index (χ2n) is 5.47. The number of hydrogen-bond donors (Lipinski definition) is 1. The number of carbonyl (C=O) groups is 1. The lowest BCUT2D eigenvalue weighted by atomic mass is 9.99. The molecule has 1 aromatic carbocycles. The summed E-state index contributed by atoms with van der Waals surface area (Å²) in [4.78, 5) is 11.8. The molecule has 0 heterocycles. The summed E-state index contributed by atoms with van der Waals surface area (Å²) < 4.78 is 32.6. The molecule has 5 nitrogen and oxygen atoms in total. The van der Waals surface area contributed by atoms with Gasteiger partial charge in [-0.15, -0.1) is 0 Å². The molecular formula is C16H20ClNO4S. The first-order chi connectivity index (χ1) is 10.8. The summed E-state index contributed by atoms with van der Waals surface area (Å²) in [5.41, 5.74) is 1.71. The number of aryl methyl sites for hydroxylation is 1. The van der Waals surface area contributed by atoms with Crippen molar-refractivity contribution in [2.75, 3.05) is 11.3 Å². The van der Waals surface area contributed by atoms with Crippen molar-refractivity contribution >= 4 is 33.3 Å². The zero-order chi connectivity index (χ0) is 17.0. The van der Waals surface area contributed by atoms with Crippen LogP contribution in [0.4, 0.5) is 5.69 Å². The highest BCUT2D eigenvalue weighted by atomic mass is 35.5. The van der Waals surface area contributed by atoms with Gasteiger partial charge in [0, 0.05) is 5.57 Å². The molecule has 1 aromatic rings. The van der Waals surface area contributed by atoms with Crippen LogP contribution in [-0.2, 0) is 19.6 Å². The van der Waals surface area contributed by atoms with E-state index >= 15 is 0 Å². The number of esters is 1. The molecule has 1 unspecified atom stereocenters. The lowest BCUT2D eigenvalue weighted by Crippen LogP contribution is -2.29. The Morgan fingerprint density at radius 1 is 1.43 bits per heavy atom. The topological polar surface area (TPSA) is 72.5 Å². The molecule has 23 heavy (non-hydrogen) atoms. The molecule has 1 atom stereocenters. The molecule has 1 aliphatic carbocycles.